The van der Waals surface area contributed by atoms with Crippen molar-refractivity contribution in [2.24, 2.45) is 17.4 Å². The second-order valence-corrected chi connectivity index (χ2v) is 28.0. The van der Waals surface area contributed by atoms with E-state index in [0.29, 0.717) is 89.2 Å². The maximum absolute atomic E-state index is 15.2. The molecular weight excluding hydrogens is 1410 g/mol. The molecule has 4 aromatic heterocycles. The molecule has 2 fully saturated rings. The number of likely N-dealkylation sites (tertiary alicyclic amines) is 2. The fraction of sp³-hybridized carbons (Fsp3) is 0.390. The summed E-state index contributed by atoms with van der Waals surface area (Å²) >= 11 is 12.8. The number of carbonyl (C=O) groups is 12. The van der Waals surface area contributed by atoms with Crippen molar-refractivity contribution in [3.05, 3.63) is 196 Å². The second kappa shape index (κ2) is 39.4. The summed E-state index contributed by atoms with van der Waals surface area (Å²) in [6.07, 6.45) is 12.6. The molecule has 13 N–H and O–H groups in total. The van der Waals surface area contributed by atoms with Crippen molar-refractivity contribution < 1.29 is 57.5 Å². The summed E-state index contributed by atoms with van der Waals surface area (Å²) in [6.45, 7) is 4.40. The number of para-hydroxylation sites is 1. The Hall–Kier alpha value is -11.0. The summed E-state index contributed by atoms with van der Waals surface area (Å²) in [5.41, 5.74) is 16.0. The number of aromatic amines is 1. The Morgan fingerprint density at radius 2 is 1.07 bits per heavy atom. The zero-order valence-electron chi connectivity index (χ0n) is 59.4. The Labute approximate surface area is 629 Å². The first-order valence-corrected chi connectivity index (χ1v) is 36.5. The van der Waals surface area contributed by atoms with Crippen molar-refractivity contribution in [1.82, 2.24) is 72.3 Å². The molecule has 11 amide bonds. The van der Waals surface area contributed by atoms with Crippen LogP contribution in [-0.4, -0.2) is 181 Å². The summed E-state index contributed by atoms with van der Waals surface area (Å²) < 4.78 is 0. The van der Waals surface area contributed by atoms with E-state index in [9.17, 15) is 38.4 Å². The Morgan fingerprint density at radius 1 is 0.551 bits per heavy atom. The third-order valence-electron chi connectivity index (χ3n) is 18.7. The van der Waals surface area contributed by atoms with Crippen LogP contribution in [0.2, 0.25) is 10.0 Å². The monoisotopic (exact) mass is 1500 g/mol. The zero-order chi connectivity index (χ0) is 76.5. The molecule has 7 aromatic rings. The molecule has 0 radical (unpaired) electrons. The van der Waals surface area contributed by atoms with Gasteiger partial charge in [0.15, 0.2) is 0 Å². The van der Waals surface area contributed by atoms with Crippen molar-refractivity contribution >= 4 is 105 Å². The number of halogens is 2. The van der Waals surface area contributed by atoms with Crippen molar-refractivity contribution in [3.8, 4) is 0 Å². The summed E-state index contributed by atoms with van der Waals surface area (Å²) in [7, 11) is 0. The van der Waals surface area contributed by atoms with Gasteiger partial charge in [-0.15, -0.1) is 0 Å². The predicted octanol–water partition coefficient (Wildman–Crippen LogP) is 3.60. The number of carbonyl (C=O) groups excluding carboxylic acids is 12. The van der Waals surface area contributed by atoms with Crippen LogP contribution in [0.4, 0.5) is 0 Å². The number of primary amides is 1. The van der Waals surface area contributed by atoms with Crippen LogP contribution >= 0.6 is 23.2 Å². The van der Waals surface area contributed by atoms with Gasteiger partial charge in [0, 0.05) is 106 Å². The molecule has 6 heterocycles. The predicted molar refractivity (Wildman–Crippen MR) is 399 cm³/mol. The summed E-state index contributed by atoms with van der Waals surface area (Å²) in [4.78, 5) is 189. The molecule has 2 aliphatic heterocycles. The quantitative estimate of drug-likeness (QED) is 0.0196. The molecule has 0 unspecified atom stereocenters. The molecule has 9 rings (SSSR count). The lowest BCUT2D eigenvalue weighted by molar-refractivity contribution is -0.144. The van der Waals surface area contributed by atoms with E-state index in [0.717, 1.165) is 0 Å². The normalized spacial score (nSPS) is 16.3. The first-order chi connectivity index (χ1) is 51.5. The Balaban J connectivity index is 0.934. The number of fused-ring (bicyclic) bond motifs is 1. The maximum atomic E-state index is 15.2. The van der Waals surface area contributed by atoms with Crippen molar-refractivity contribution in [2.75, 3.05) is 19.6 Å². The topological polar surface area (TPSA) is 414 Å². The van der Waals surface area contributed by atoms with Gasteiger partial charge in [-0.3, -0.25) is 67.7 Å². The number of hydrogen-bond acceptors (Lipinski definition) is 16. The smallest absolute Gasteiger partial charge is 0.252 e. The Morgan fingerprint density at radius 3 is 1.64 bits per heavy atom. The standard InChI is InChI=1S/C77H90Cl2N16O12/c1-46(2)33-53(45-96)87-69(99)61(37-49-17-10-27-82-41-49)89-70(100)59(35-47-15-4-3-5-16-47)88-72(102)62(39-52-44-86-58-22-7-6-20-54(52)58)90-73(103)63(40-67(81)97)91-71(101)60(36-48-25-26-55(78)56(79)34-48)92-74(104)66-24-14-32-95(66)77(107)64(38-50-18-11-28-83-42-50)93-75(105)65-23-13-31-94(65)76(106)57(80)21-8-9-30-85-68(98)51-19-12-29-84-43-51/h3-7,10-12,15-20,22,25-29,34,41-46,53,57,59-66,86H,8-9,13-14,21,23-24,30-33,35-40,80H2,1-2H3,(H2,81,97)(H,85,98)(H,87,99)(H,88,102)(H,89,100)(H,90,103)(H,91,101)(H,92,104)(H,93,105)/t53-,57+,59-,60+,61+,62+,63-,64-,65-,66-/m0/s1. The van der Waals surface area contributed by atoms with Crippen LogP contribution in [-0.2, 0) is 84.8 Å². The molecule has 3 aromatic carbocycles. The molecule has 107 heavy (non-hydrogen) atoms. The van der Waals surface area contributed by atoms with Gasteiger partial charge in [0.25, 0.3) is 5.91 Å². The molecular formula is C77H90Cl2N16O12. The van der Waals surface area contributed by atoms with E-state index < -0.39 is 126 Å². The van der Waals surface area contributed by atoms with E-state index in [4.69, 9.17) is 34.7 Å². The number of nitrogens with one attached hydrogen (secondary N) is 9. The van der Waals surface area contributed by atoms with Crippen molar-refractivity contribution in [1.29, 1.82) is 0 Å². The van der Waals surface area contributed by atoms with E-state index in [-0.39, 0.29) is 86.3 Å². The van der Waals surface area contributed by atoms with E-state index >= 15 is 19.2 Å². The van der Waals surface area contributed by atoms with E-state index in [1.165, 1.54) is 40.5 Å². The largest absolute Gasteiger partial charge is 0.370 e. The fourth-order valence-electron chi connectivity index (χ4n) is 13.2. The first kappa shape index (κ1) is 80.1. The third-order valence-corrected chi connectivity index (χ3v) is 19.4. The third kappa shape index (κ3) is 23.3. The highest BCUT2D eigenvalue weighted by Crippen LogP contribution is 2.27. The van der Waals surface area contributed by atoms with Crippen LogP contribution in [0, 0.1) is 5.92 Å². The first-order valence-electron chi connectivity index (χ1n) is 35.7. The van der Waals surface area contributed by atoms with Gasteiger partial charge in [-0.1, -0.05) is 104 Å². The van der Waals surface area contributed by atoms with Crippen LogP contribution in [0.15, 0.2) is 153 Å². The van der Waals surface area contributed by atoms with E-state index in [1.54, 1.807) is 122 Å². The average Bonchev–Trinajstić information content (AvgIpc) is 1.74. The number of benzene rings is 3. The number of aromatic nitrogens is 4. The molecule has 0 saturated carbocycles. The summed E-state index contributed by atoms with van der Waals surface area (Å²) in [5, 5.41) is 23.1. The van der Waals surface area contributed by atoms with Crippen molar-refractivity contribution in [2.45, 2.75) is 164 Å². The van der Waals surface area contributed by atoms with Crippen LogP contribution in [0.3, 0.4) is 0 Å². The minimum Gasteiger partial charge on any atom is -0.370 e. The minimum absolute atomic E-state index is 0.0246. The van der Waals surface area contributed by atoms with Crippen molar-refractivity contribution in [3.63, 3.8) is 0 Å². The van der Waals surface area contributed by atoms with Gasteiger partial charge in [0.1, 0.15) is 54.6 Å². The minimum atomic E-state index is -1.83. The lowest BCUT2D eigenvalue weighted by Crippen LogP contribution is -2.61. The fourth-order valence-corrected chi connectivity index (χ4v) is 13.5. The number of rotatable bonds is 37. The number of nitrogens with two attached hydrogens (primary N) is 2. The number of unbranched alkanes of at least 4 members (excludes halogenated alkanes) is 1. The van der Waals surface area contributed by atoms with Crippen LogP contribution in [0.5, 0.6) is 0 Å². The summed E-state index contributed by atoms with van der Waals surface area (Å²) in [6, 6.07) is 17.4. The summed E-state index contributed by atoms with van der Waals surface area (Å²) in [5.74, 6) is -8.32. The lowest BCUT2D eigenvalue weighted by atomic mass is 10.00. The van der Waals surface area contributed by atoms with Gasteiger partial charge >= 0.3 is 0 Å². The lowest BCUT2D eigenvalue weighted by Gasteiger charge is -2.32. The number of aldehydes is 1. The highest BCUT2D eigenvalue weighted by molar-refractivity contribution is 6.42. The highest BCUT2D eigenvalue weighted by Gasteiger charge is 2.43. The molecule has 10 atom stereocenters. The molecule has 2 saturated heterocycles. The highest BCUT2D eigenvalue weighted by atomic mass is 35.5. The van der Waals surface area contributed by atoms with Gasteiger partial charge < -0.3 is 73.6 Å². The molecule has 0 bridgehead atoms. The number of hydrogen-bond donors (Lipinski definition) is 11. The number of nitrogens with zero attached hydrogens (tertiary/aromatic N) is 5. The van der Waals surface area contributed by atoms with Crippen LogP contribution in [0.25, 0.3) is 10.9 Å². The van der Waals surface area contributed by atoms with Gasteiger partial charge in [-0.05, 0) is 128 Å². The zero-order valence-corrected chi connectivity index (χ0v) is 60.9. The number of amides is 11. The van der Waals surface area contributed by atoms with Gasteiger partial charge in [0.05, 0.1) is 34.1 Å². The molecule has 28 nitrogen and oxygen atoms in total. The van der Waals surface area contributed by atoms with E-state index in [2.05, 4.69) is 62.5 Å². The van der Waals surface area contributed by atoms with Gasteiger partial charge in [-0.25, -0.2) is 0 Å². The molecule has 2 aliphatic rings. The molecule has 30 heteroatoms. The van der Waals surface area contributed by atoms with Gasteiger partial charge in [-0.2, -0.15) is 0 Å². The average molecular weight is 1500 g/mol. The Bertz CT molecular complexity index is 4260. The second-order valence-electron chi connectivity index (χ2n) is 27.2. The van der Waals surface area contributed by atoms with Gasteiger partial charge in [0.2, 0.25) is 59.1 Å². The molecule has 564 valence electrons. The molecule has 0 spiro atoms. The number of H-pyrrole nitrogens is 1. The van der Waals surface area contributed by atoms with E-state index in [1.807, 2.05) is 13.8 Å². The van der Waals surface area contributed by atoms with Crippen LogP contribution in [0.1, 0.15) is 110 Å². The Kier molecular flexibility index (Phi) is 29.5. The van der Waals surface area contributed by atoms with Crippen LogP contribution < -0.4 is 54.0 Å². The SMILES string of the molecule is CC(C)C[C@@H](C=O)NC(=O)[C@@H](Cc1cccnc1)NC(=O)[C@H](Cc1ccccc1)NC(=O)[C@@H](Cc1c[nH]c2ccccc12)NC(=O)[C@H](CC(N)=O)NC(=O)[C@@H](Cc1ccc(Cl)c(Cl)c1)NC(=O)[C@@H]1CCCN1C(=O)[C@H](Cc1cccnc1)NC(=O)[C@@H]1CCCN1C(=O)[C@H](N)CCCCNC(=O)c1cccnc1. The maximum Gasteiger partial charge on any atom is 0.252 e. The molecule has 0 aliphatic carbocycles. The number of pyridine rings is 3.